The van der Waals surface area contributed by atoms with Crippen molar-refractivity contribution in [3.8, 4) is 0 Å². The van der Waals surface area contributed by atoms with Crippen molar-refractivity contribution in [1.29, 1.82) is 0 Å². The average Bonchev–Trinajstić information content (AvgIpc) is 2.86. The van der Waals surface area contributed by atoms with Crippen LogP contribution in [-0.4, -0.2) is 75.6 Å². The van der Waals surface area contributed by atoms with Gasteiger partial charge in [0.1, 0.15) is 19.3 Å². The van der Waals surface area contributed by atoms with Crippen LogP contribution in [0.25, 0.3) is 0 Å². The monoisotopic (exact) mass is 576 g/mol. The third-order valence-corrected chi connectivity index (χ3v) is 7.00. The second-order valence-corrected chi connectivity index (χ2v) is 12.6. The van der Waals surface area contributed by atoms with E-state index in [4.69, 9.17) is 18.5 Å². The summed E-state index contributed by atoms with van der Waals surface area (Å²) in [5.74, 6) is -0.356. The first-order valence-corrected chi connectivity index (χ1v) is 16.6. The maximum absolute atomic E-state index is 12.2. The van der Waals surface area contributed by atoms with E-state index < -0.39 is 13.9 Å². The van der Waals surface area contributed by atoms with Gasteiger partial charge in [0, 0.05) is 13.0 Å². The smallest absolute Gasteiger partial charge is 0.457 e. The number of carbonyl (C=O) groups is 1. The Balaban J connectivity index is 4.09. The van der Waals surface area contributed by atoms with Crippen LogP contribution in [-0.2, 0) is 27.9 Å². The minimum Gasteiger partial charge on any atom is -0.457 e. The molecular formula is C30H59NO7P+. The summed E-state index contributed by atoms with van der Waals surface area (Å²) >= 11 is 0. The van der Waals surface area contributed by atoms with Crippen LogP contribution in [0.3, 0.4) is 0 Å². The molecule has 0 aromatic carbocycles. The van der Waals surface area contributed by atoms with Crippen LogP contribution >= 0.6 is 7.82 Å². The van der Waals surface area contributed by atoms with Gasteiger partial charge >= 0.3 is 13.8 Å². The summed E-state index contributed by atoms with van der Waals surface area (Å²) in [4.78, 5) is 22.1. The molecule has 0 aromatic rings. The normalized spacial score (nSPS) is 14.7. The molecule has 8 nitrogen and oxygen atoms in total. The van der Waals surface area contributed by atoms with Gasteiger partial charge < -0.3 is 18.9 Å². The zero-order valence-electron chi connectivity index (χ0n) is 25.6. The van der Waals surface area contributed by atoms with E-state index in [1.807, 2.05) is 28.1 Å². The van der Waals surface area contributed by atoms with Crippen molar-refractivity contribution in [2.75, 3.05) is 54.1 Å². The number of phosphoric acid groups is 1. The fourth-order valence-corrected chi connectivity index (χ4v) is 4.29. The zero-order valence-corrected chi connectivity index (χ0v) is 26.5. The summed E-state index contributed by atoms with van der Waals surface area (Å²) in [7, 11) is 1.65. The quantitative estimate of drug-likeness (QED) is 0.0359. The third-order valence-electron chi connectivity index (χ3n) is 6.02. The highest BCUT2D eigenvalue weighted by Crippen LogP contribution is 2.43. The largest absolute Gasteiger partial charge is 0.472 e. The fraction of sp³-hybridized carbons (Fsp3) is 0.833. The van der Waals surface area contributed by atoms with Gasteiger partial charge in [-0.05, 0) is 38.5 Å². The molecule has 0 spiro atoms. The molecule has 0 amide bonds. The first kappa shape index (κ1) is 38.0. The van der Waals surface area contributed by atoms with Crippen molar-refractivity contribution < 1.29 is 37.3 Å². The topological polar surface area (TPSA) is 91.3 Å². The summed E-state index contributed by atoms with van der Waals surface area (Å²) in [6.45, 7) is 5.28. The Morgan fingerprint density at radius 3 is 2.05 bits per heavy atom. The number of unbranched alkanes of at least 4 members (excludes halogenated alkanes) is 9. The molecule has 0 aliphatic heterocycles. The summed E-state index contributed by atoms with van der Waals surface area (Å²) in [5.41, 5.74) is 0. The van der Waals surface area contributed by atoms with E-state index in [9.17, 15) is 14.3 Å². The van der Waals surface area contributed by atoms with Gasteiger partial charge in [-0.25, -0.2) is 4.57 Å². The Labute approximate surface area is 239 Å². The van der Waals surface area contributed by atoms with Gasteiger partial charge in [0.15, 0.2) is 0 Å². The van der Waals surface area contributed by atoms with Crippen molar-refractivity contribution in [1.82, 2.24) is 0 Å². The van der Waals surface area contributed by atoms with Crippen molar-refractivity contribution >= 4 is 13.8 Å². The second kappa shape index (κ2) is 24.8. The zero-order chi connectivity index (χ0) is 29.2. The van der Waals surface area contributed by atoms with Crippen LogP contribution in [0.5, 0.6) is 0 Å². The number of esters is 1. The van der Waals surface area contributed by atoms with Gasteiger partial charge in [0.05, 0.1) is 34.4 Å². The molecule has 0 fully saturated rings. The van der Waals surface area contributed by atoms with E-state index in [1.54, 1.807) is 0 Å². The summed E-state index contributed by atoms with van der Waals surface area (Å²) in [6.07, 6.45) is 23.0. The molecule has 1 N–H and O–H groups in total. The van der Waals surface area contributed by atoms with Gasteiger partial charge in [0.25, 0.3) is 0 Å². The lowest BCUT2D eigenvalue weighted by atomic mass is 10.1. The molecule has 2 unspecified atom stereocenters. The first-order chi connectivity index (χ1) is 18.6. The van der Waals surface area contributed by atoms with Crippen molar-refractivity contribution in [3.63, 3.8) is 0 Å². The van der Waals surface area contributed by atoms with Crippen molar-refractivity contribution in [3.05, 3.63) is 24.3 Å². The molecule has 0 saturated carbocycles. The highest BCUT2D eigenvalue weighted by molar-refractivity contribution is 7.47. The maximum atomic E-state index is 12.2. The van der Waals surface area contributed by atoms with E-state index in [0.29, 0.717) is 24.1 Å². The molecule has 0 aliphatic rings. The van der Waals surface area contributed by atoms with Crippen LogP contribution in [0.1, 0.15) is 104 Å². The number of hydrogen-bond acceptors (Lipinski definition) is 6. The summed E-state index contributed by atoms with van der Waals surface area (Å²) in [5, 5.41) is 0. The lowest BCUT2D eigenvalue weighted by Gasteiger charge is -2.24. The van der Waals surface area contributed by atoms with E-state index >= 15 is 0 Å². The molecule has 0 aliphatic carbocycles. The number of carbonyl (C=O) groups excluding carboxylic acids is 1. The lowest BCUT2D eigenvalue weighted by Crippen LogP contribution is -2.37. The number of quaternary nitrogens is 1. The van der Waals surface area contributed by atoms with Crippen LogP contribution in [0.4, 0.5) is 0 Å². The maximum Gasteiger partial charge on any atom is 0.472 e. The van der Waals surface area contributed by atoms with Crippen LogP contribution in [0.2, 0.25) is 0 Å². The van der Waals surface area contributed by atoms with E-state index in [1.165, 1.54) is 44.9 Å². The van der Waals surface area contributed by atoms with E-state index in [2.05, 4.69) is 31.2 Å². The minimum absolute atomic E-state index is 0.0855. The predicted molar refractivity (Wildman–Crippen MR) is 160 cm³/mol. The number of allylic oxidation sites excluding steroid dienone is 4. The Hall–Kier alpha value is -1.02. The lowest BCUT2D eigenvalue weighted by molar-refractivity contribution is -0.870. The molecule has 0 saturated heterocycles. The number of hydrogen-bond donors (Lipinski definition) is 1. The molecule has 39 heavy (non-hydrogen) atoms. The van der Waals surface area contributed by atoms with Gasteiger partial charge in [-0.3, -0.25) is 13.8 Å². The SMILES string of the molecule is CCCC/C=C\C/C=C\CCCCCCCCOCC(COP(=O)(O)OCC[N+](C)(C)C)OC(=O)CCCC. The molecule has 2 atom stereocenters. The molecule has 0 rings (SSSR count). The number of phosphoric ester groups is 1. The molecule has 0 aromatic heterocycles. The molecule has 9 heteroatoms. The van der Waals surface area contributed by atoms with Crippen LogP contribution in [0, 0.1) is 0 Å². The summed E-state index contributed by atoms with van der Waals surface area (Å²) < 4.78 is 34.1. The Morgan fingerprint density at radius 2 is 1.41 bits per heavy atom. The Bertz CT molecular complexity index is 691. The summed E-state index contributed by atoms with van der Waals surface area (Å²) in [6, 6.07) is 0. The van der Waals surface area contributed by atoms with Crippen molar-refractivity contribution in [2.45, 2.75) is 110 Å². The van der Waals surface area contributed by atoms with Crippen LogP contribution < -0.4 is 0 Å². The third kappa shape index (κ3) is 28.3. The molecule has 0 radical (unpaired) electrons. The number of nitrogens with zero attached hydrogens (tertiary/aromatic N) is 1. The molecule has 0 bridgehead atoms. The van der Waals surface area contributed by atoms with Crippen LogP contribution in [0.15, 0.2) is 24.3 Å². The molecule has 0 heterocycles. The average molecular weight is 577 g/mol. The standard InChI is InChI=1S/C30H58NO7P/c1-6-8-10-11-12-13-14-15-16-17-18-19-20-21-22-25-35-27-29(38-30(32)23-9-7-2)28-37-39(33,34)36-26-24-31(3,4)5/h11-12,14-15,29H,6-10,13,16-28H2,1-5H3/p+1/b12-11-,15-14-. The predicted octanol–water partition coefficient (Wildman–Crippen LogP) is 7.37. The number of likely N-dealkylation sites (N-methyl/N-ethyl adjacent to an activating group) is 1. The minimum atomic E-state index is -4.24. The second-order valence-electron chi connectivity index (χ2n) is 11.1. The number of ether oxygens (including phenoxy) is 2. The van der Waals surface area contributed by atoms with Gasteiger partial charge in [0.2, 0.25) is 0 Å². The Kier molecular flexibility index (Phi) is 24.1. The van der Waals surface area contributed by atoms with Gasteiger partial charge in [-0.2, -0.15) is 0 Å². The highest BCUT2D eigenvalue weighted by atomic mass is 31.2. The fourth-order valence-electron chi connectivity index (χ4n) is 3.54. The van der Waals surface area contributed by atoms with Crippen molar-refractivity contribution in [2.24, 2.45) is 0 Å². The number of rotatable bonds is 27. The van der Waals surface area contributed by atoms with Gasteiger partial charge in [-0.15, -0.1) is 0 Å². The molecule has 230 valence electrons. The van der Waals surface area contributed by atoms with E-state index in [0.717, 1.165) is 38.5 Å². The Morgan fingerprint density at radius 1 is 0.795 bits per heavy atom. The molecular weight excluding hydrogens is 517 g/mol. The highest BCUT2D eigenvalue weighted by Gasteiger charge is 2.26. The van der Waals surface area contributed by atoms with E-state index in [-0.39, 0.29) is 25.8 Å². The van der Waals surface area contributed by atoms with Gasteiger partial charge in [-0.1, -0.05) is 83.1 Å². The first-order valence-electron chi connectivity index (χ1n) is 15.1.